The topological polar surface area (TPSA) is 56.0 Å². The molecule has 1 aromatic heterocycles. The van der Waals surface area contributed by atoms with Crippen LogP contribution in [0.1, 0.15) is 21.5 Å². The smallest absolute Gasteiger partial charge is 0.168 e. The minimum absolute atomic E-state index is 0.0619. The quantitative estimate of drug-likeness (QED) is 0.645. The minimum atomic E-state index is 0.0619. The molecule has 0 amide bonds. The molecule has 2 aromatic rings. The lowest BCUT2D eigenvalue weighted by molar-refractivity contribution is 0.0992. The highest BCUT2D eigenvalue weighted by molar-refractivity contribution is 5.97. The van der Waals surface area contributed by atoms with Gasteiger partial charge in [0.1, 0.15) is 0 Å². The van der Waals surface area contributed by atoms with E-state index in [-0.39, 0.29) is 5.78 Å². The van der Waals surface area contributed by atoms with E-state index in [9.17, 15) is 4.79 Å². The lowest BCUT2D eigenvalue weighted by Gasteiger charge is -2.06. The molecular formula is C14H14N2O. The van der Waals surface area contributed by atoms with Crippen molar-refractivity contribution in [2.45, 2.75) is 13.3 Å². The molecule has 0 unspecified atom stereocenters. The second kappa shape index (κ2) is 4.78. The van der Waals surface area contributed by atoms with Gasteiger partial charge >= 0.3 is 0 Å². The van der Waals surface area contributed by atoms with Crippen LogP contribution in [0.5, 0.6) is 0 Å². The number of aryl methyl sites for hydroxylation is 1. The van der Waals surface area contributed by atoms with Gasteiger partial charge in [-0.25, -0.2) is 0 Å². The number of carbonyl (C=O) groups excluding carboxylic acids is 1. The Labute approximate surface area is 100 Å². The summed E-state index contributed by atoms with van der Waals surface area (Å²) in [5.41, 5.74) is 9.09. The maximum Gasteiger partial charge on any atom is 0.168 e. The summed E-state index contributed by atoms with van der Waals surface area (Å²) in [5.74, 6) is 0.0619. The molecule has 1 heterocycles. The molecule has 3 heteroatoms. The third kappa shape index (κ3) is 2.69. The van der Waals surface area contributed by atoms with Crippen LogP contribution in [-0.2, 0) is 6.42 Å². The lowest BCUT2D eigenvalue weighted by Crippen LogP contribution is -2.05. The van der Waals surface area contributed by atoms with Gasteiger partial charge in [0.05, 0.1) is 0 Å². The van der Waals surface area contributed by atoms with Crippen molar-refractivity contribution in [1.82, 2.24) is 4.98 Å². The number of carbonyl (C=O) groups is 1. The van der Waals surface area contributed by atoms with Crippen molar-refractivity contribution in [1.29, 1.82) is 0 Å². The molecule has 0 saturated heterocycles. The Bertz CT molecular complexity index is 535. The summed E-state index contributed by atoms with van der Waals surface area (Å²) in [6, 6.07) is 9.16. The number of hydrogen-bond donors (Lipinski definition) is 1. The van der Waals surface area contributed by atoms with Gasteiger partial charge in [-0.3, -0.25) is 9.78 Å². The fourth-order valence-electron chi connectivity index (χ4n) is 1.68. The van der Waals surface area contributed by atoms with Crippen molar-refractivity contribution in [2.75, 3.05) is 5.73 Å². The van der Waals surface area contributed by atoms with Gasteiger partial charge in [0.15, 0.2) is 5.78 Å². The van der Waals surface area contributed by atoms with E-state index in [2.05, 4.69) is 4.98 Å². The van der Waals surface area contributed by atoms with E-state index in [0.717, 1.165) is 11.1 Å². The number of aromatic nitrogens is 1. The van der Waals surface area contributed by atoms with E-state index in [1.54, 1.807) is 24.5 Å². The number of hydrogen-bond acceptors (Lipinski definition) is 3. The Morgan fingerprint density at radius 3 is 2.88 bits per heavy atom. The molecule has 0 spiro atoms. The van der Waals surface area contributed by atoms with Gasteiger partial charge in [-0.1, -0.05) is 6.07 Å². The number of nitrogens with zero attached hydrogens (tertiary/aromatic N) is 1. The minimum Gasteiger partial charge on any atom is -0.399 e. The molecular weight excluding hydrogens is 212 g/mol. The highest BCUT2D eigenvalue weighted by Crippen LogP contribution is 2.15. The second-order valence-electron chi connectivity index (χ2n) is 4.03. The molecule has 0 aliphatic rings. The highest BCUT2D eigenvalue weighted by atomic mass is 16.1. The molecule has 0 aliphatic heterocycles. The molecule has 3 nitrogen and oxygen atoms in total. The molecule has 86 valence electrons. The van der Waals surface area contributed by atoms with Crippen LogP contribution in [-0.4, -0.2) is 10.8 Å². The molecule has 0 aliphatic carbocycles. The van der Waals surface area contributed by atoms with Crippen molar-refractivity contribution in [3.8, 4) is 0 Å². The lowest BCUT2D eigenvalue weighted by atomic mass is 10.00. The summed E-state index contributed by atoms with van der Waals surface area (Å²) >= 11 is 0. The van der Waals surface area contributed by atoms with E-state index >= 15 is 0 Å². The Balaban J connectivity index is 2.22. The number of benzene rings is 1. The van der Waals surface area contributed by atoms with Crippen LogP contribution < -0.4 is 5.73 Å². The van der Waals surface area contributed by atoms with Gasteiger partial charge in [-0.05, 0) is 42.3 Å². The average molecular weight is 226 g/mol. The van der Waals surface area contributed by atoms with E-state index < -0.39 is 0 Å². The summed E-state index contributed by atoms with van der Waals surface area (Å²) in [6.07, 6.45) is 3.61. The zero-order valence-corrected chi connectivity index (χ0v) is 9.68. The normalized spacial score (nSPS) is 10.2. The predicted octanol–water partition coefficient (Wildman–Crippen LogP) is 2.40. The molecule has 17 heavy (non-hydrogen) atoms. The molecule has 2 N–H and O–H groups in total. The van der Waals surface area contributed by atoms with E-state index in [1.807, 2.05) is 25.1 Å². The fraction of sp³-hybridized carbons (Fsp3) is 0.143. The van der Waals surface area contributed by atoms with Gasteiger partial charge in [-0.15, -0.1) is 0 Å². The van der Waals surface area contributed by atoms with Gasteiger partial charge in [0, 0.05) is 30.1 Å². The van der Waals surface area contributed by atoms with E-state index in [1.165, 1.54) is 0 Å². The third-order valence-corrected chi connectivity index (χ3v) is 2.71. The standard InChI is InChI=1S/C14H14N2O/c1-10-4-5-13(15)7-12(10)8-14(17)11-3-2-6-16-9-11/h2-7,9H,8,15H2,1H3. The van der Waals surface area contributed by atoms with Crippen LogP contribution in [0, 0.1) is 6.92 Å². The van der Waals surface area contributed by atoms with Crippen molar-refractivity contribution in [2.24, 2.45) is 0 Å². The van der Waals surface area contributed by atoms with Gasteiger partial charge in [0.2, 0.25) is 0 Å². The number of nitrogens with two attached hydrogens (primary N) is 1. The first-order valence-electron chi connectivity index (χ1n) is 5.45. The number of nitrogen functional groups attached to an aromatic ring is 1. The summed E-state index contributed by atoms with van der Waals surface area (Å²) < 4.78 is 0. The maximum atomic E-state index is 12.0. The Morgan fingerprint density at radius 2 is 2.18 bits per heavy atom. The first kappa shape index (κ1) is 11.3. The van der Waals surface area contributed by atoms with Gasteiger partial charge in [-0.2, -0.15) is 0 Å². The first-order chi connectivity index (χ1) is 8.16. The first-order valence-corrected chi connectivity index (χ1v) is 5.45. The Kier molecular flexibility index (Phi) is 3.19. The fourth-order valence-corrected chi connectivity index (χ4v) is 1.68. The largest absolute Gasteiger partial charge is 0.399 e. The monoisotopic (exact) mass is 226 g/mol. The van der Waals surface area contributed by atoms with Crippen LogP contribution in [0.2, 0.25) is 0 Å². The SMILES string of the molecule is Cc1ccc(N)cc1CC(=O)c1cccnc1. The molecule has 0 radical (unpaired) electrons. The summed E-state index contributed by atoms with van der Waals surface area (Å²) in [7, 11) is 0. The number of rotatable bonds is 3. The highest BCUT2D eigenvalue weighted by Gasteiger charge is 2.08. The Morgan fingerprint density at radius 1 is 1.35 bits per heavy atom. The van der Waals surface area contributed by atoms with Gasteiger partial charge < -0.3 is 5.73 Å². The van der Waals surface area contributed by atoms with Crippen molar-refractivity contribution < 1.29 is 4.79 Å². The second-order valence-corrected chi connectivity index (χ2v) is 4.03. The predicted molar refractivity (Wildman–Crippen MR) is 67.9 cm³/mol. The van der Waals surface area contributed by atoms with Gasteiger partial charge in [0.25, 0.3) is 0 Å². The summed E-state index contributed by atoms with van der Waals surface area (Å²) in [6.45, 7) is 1.98. The molecule has 0 fully saturated rings. The average Bonchev–Trinajstić information content (AvgIpc) is 2.35. The van der Waals surface area contributed by atoms with Crippen LogP contribution in [0.4, 0.5) is 5.69 Å². The zero-order valence-electron chi connectivity index (χ0n) is 9.68. The van der Waals surface area contributed by atoms with Crippen LogP contribution in [0.25, 0.3) is 0 Å². The van der Waals surface area contributed by atoms with Crippen molar-refractivity contribution in [3.63, 3.8) is 0 Å². The molecule has 1 aromatic carbocycles. The van der Waals surface area contributed by atoms with E-state index in [4.69, 9.17) is 5.73 Å². The maximum absolute atomic E-state index is 12.0. The van der Waals surface area contributed by atoms with Crippen LogP contribution >= 0.6 is 0 Å². The summed E-state index contributed by atoms with van der Waals surface area (Å²) in [4.78, 5) is 15.9. The molecule has 0 atom stereocenters. The number of pyridine rings is 1. The number of ketones is 1. The molecule has 0 bridgehead atoms. The third-order valence-electron chi connectivity index (χ3n) is 2.71. The van der Waals surface area contributed by atoms with Crippen LogP contribution in [0.3, 0.4) is 0 Å². The van der Waals surface area contributed by atoms with Crippen molar-refractivity contribution >= 4 is 11.5 Å². The molecule has 0 saturated carbocycles. The van der Waals surface area contributed by atoms with E-state index in [0.29, 0.717) is 17.7 Å². The number of anilines is 1. The zero-order chi connectivity index (χ0) is 12.3. The summed E-state index contributed by atoms with van der Waals surface area (Å²) in [5, 5.41) is 0. The van der Waals surface area contributed by atoms with Crippen molar-refractivity contribution in [3.05, 3.63) is 59.4 Å². The van der Waals surface area contributed by atoms with Crippen LogP contribution in [0.15, 0.2) is 42.7 Å². The number of Topliss-reactive ketones (excluding diaryl/α,β-unsaturated/α-hetero) is 1. The molecule has 2 rings (SSSR count). The Hall–Kier alpha value is -2.16.